The summed E-state index contributed by atoms with van der Waals surface area (Å²) < 4.78 is 10.1. The monoisotopic (exact) mass is 404 g/mol. The van der Waals surface area contributed by atoms with Crippen LogP contribution in [-0.4, -0.2) is 38.6 Å². The fourth-order valence-electron chi connectivity index (χ4n) is 1.43. The Morgan fingerprint density at radius 1 is 1.29 bits per heavy atom. The molecule has 0 saturated heterocycles. The minimum Gasteiger partial charge on any atom is -0.459 e. The molecular formula is C17H29BrN2O4. The Morgan fingerprint density at radius 2 is 1.79 bits per heavy atom. The standard InChI is InChI=1S/C13H17BrN2O3.C2H6O.C2H6/c1-13(2,3)19-10(18)6-16-12-9(14)5-4-8(7-17)11(12)15;1-3-2;1-2/h4-5,7,16H,6,15H2,1-3H3;1-2H3;1-2H3. The Morgan fingerprint density at radius 3 is 2.21 bits per heavy atom. The van der Waals surface area contributed by atoms with Crippen LogP contribution in [0, 0.1) is 0 Å². The number of rotatable bonds is 4. The molecule has 0 atom stereocenters. The van der Waals surface area contributed by atoms with Gasteiger partial charge in [0.2, 0.25) is 0 Å². The van der Waals surface area contributed by atoms with Gasteiger partial charge in [0.05, 0.1) is 11.4 Å². The fraction of sp³-hybridized carbons (Fsp3) is 0.529. The first-order valence-corrected chi connectivity index (χ1v) is 8.34. The van der Waals surface area contributed by atoms with Gasteiger partial charge in [0.1, 0.15) is 12.1 Å². The van der Waals surface area contributed by atoms with E-state index in [4.69, 9.17) is 10.5 Å². The molecule has 24 heavy (non-hydrogen) atoms. The second kappa shape index (κ2) is 12.8. The normalized spacial score (nSPS) is 9.67. The number of hydrogen-bond donors (Lipinski definition) is 2. The van der Waals surface area contributed by atoms with Gasteiger partial charge >= 0.3 is 5.97 Å². The molecule has 7 heteroatoms. The zero-order valence-corrected chi connectivity index (χ0v) is 17.1. The molecule has 1 rings (SSSR count). The Hall–Kier alpha value is -1.60. The summed E-state index contributed by atoms with van der Waals surface area (Å²) in [5, 5.41) is 2.87. The lowest BCUT2D eigenvalue weighted by atomic mass is 10.1. The van der Waals surface area contributed by atoms with Crippen molar-refractivity contribution in [1.29, 1.82) is 0 Å². The van der Waals surface area contributed by atoms with Gasteiger partial charge in [0.25, 0.3) is 0 Å². The van der Waals surface area contributed by atoms with E-state index in [1.807, 2.05) is 13.8 Å². The van der Waals surface area contributed by atoms with Gasteiger partial charge in [-0.15, -0.1) is 0 Å². The highest BCUT2D eigenvalue weighted by atomic mass is 79.9. The smallest absolute Gasteiger partial charge is 0.325 e. The number of methoxy groups -OCH3 is 1. The number of halogens is 1. The number of anilines is 2. The SMILES string of the molecule is CC.CC(C)(C)OC(=O)CNc1c(Br)ccc(C=O)c1N.COC. The van der Waals surface area contributed by atoms with Crippen LogP contribution >= 0.6 is 15.9 Å². The molecule has 0 aliphatic rings. The molecule has 0 fully saturated rings. The van der Waals surface area contributed by atoms with E-state index in [1.54, 1.807) is 47.1 Å². The summed E-state index contributed by atoms with van der Waals surface area (Å²) in [7, 11) is 3.25. The minimum absolute atomic E-state index is 0.0254. The van der Waals surface area contributed by atoms with Crippen molar-refractivity contribution in [2.75, 3.05) is 31.8 Å². The van der Waals surface area contributed by atoms with E-state index < -0.39 is 11.6 Å². The van der Waals surface area contributed by atoms with Gasteiger partial charge in [-0.3, -0.25) is 9.59 Å². The zero-order chi connectivity index (χ0) is 19.3. The Balaban J connectivity index is 0. The molecule has 0 spiro atoms. The molecule has 0 aliphatic carbocycles. The first-order chi connectivity index (χ1) is 11.2. The average molecular weight is 405 g/mol. The molecule has 0 radical (unpaired) electrons. The van der Waals surface area contributed by atoms with Gasteiger partial charge in [0.15, 0.2) is 6.29 Å². The molecule has 3 N–H and O–H groups in total. The first kappa shape index (κ1) is 24.6. The molecule has 138 valence electrons. The number of ether oxygens (including phenoxy) is 2. The molecule has 0 unspecified atom stereocenters. The van der Waals surface area contributed by atoms with E-state index in [1.165, 1.54) is 0 Å². The van der Waals surface area contributed by atoms with Crippen molar-refractivity contribution in [3.8, 4) is 0 Å². The first-order valence-electron chi connectivity index (χ1n) is 7.55. The number of carbonyl (C=O) groups excluding carboxylic acids is 2. The minimum atomic E-state index is -0.536. The molecule has 0 aliphatic heterocycles. The van der Waals surface area contributed by atoms with Gasteiger partial charge in [-0.1, -0.05) is 13.8 Å². The van der Waals surface area contributed by atoms with Gasteiger partial charge in [0, 0.05) is 24.3 Å². The highest BCUT2D eigenvalue weighted by molar-refractivity contribution is 9.10. The number of nitrogens with one attached hydrogen (secondary N) is 1. The molecule has 0 heterocycles. The van der Waals surface area contributed by atoms with Gasteiger partial charge in [-0.2, -0.15) is 0 Å². The molecule has 0 amide bonds. The second-order valence-electron chi connectivity index (χ2n) is 5.39. The lowest BCUT2D eigenvalue weighted by Crippen LogP contribution is -2.28. The summed E-state index contributed by atoms with van der Waals surface area (Å²) in [5.74, 6) is -0.393. The number of nitrogens with two attached hydrogens (primary N) is 1. The topological polar surface area (TPSA) is 90.7 Å². The van der Waals surface area contributed by atoms with Crippen molar-refractivity contribution in [3.63, 3.8) is 0 Å². The van der Waals surface area contributed by atoms with E-state index in [-0.39, 0.29) is 6.54 Å². The largest absolute Gasteiger partial charge is 0.459 e. The van der Waals surface area contributed by atoms with E-state index in [0.717, 1.165) is 0 Å². The summed E-state index contributed by atoms with van der Waals surface area (Å²) in [4.78, 5) is 22.4. The van der Waals surface area contributed by atoms with Crippen LogP contribution in [0.25, 0.3) is 0 Å². The molecular weight excluding hydrogens is 376 g/mol. The lowest BCUT2D eigenvalue weighted by molar-refractivity contribution is -0.152. The van der Waals surface area contributed by atoms with E-state index in [0.29, 0.717) is 27.7 Å². The quantitative estimate of drug-likeness (QED) is 0.449. The molecule has 0 aromatic heterocycles. The maximum Gasteiger partial charge on any atom is 0.325 e. The molecule has 6 nitrogen and oxygen atoms in total. The van der Waals surface area contributed by atoms with Crippen molar-refractivity contribution in [2.45, 2.75) is 40.2 Å². The lowest BCUT2D eigenvalue weighted by Gasteiger charge is -2.20. The molecule has 0 bridgehead atoms. The van der Waals surface area contributed by atoms with Crippen LogP contribution < -0.4 is 11.1 Å². The number of carbonyl (C=O) groups is 2. The second-order valence-corrected chi connectivity index (χ2v) is 6.25. The van der Waals surface area contributed by atoms with Crippen LogP contribution in [0.3, 0.4) is 0 Å². The average Bonchev–Trinajstić information content (AvgIpc) is 2.48. The molecule has 1 aromatic carbocycles. The summed E-state index contributed by atoms with van der Waals surface area (Å²) in [6.45, 7) is 9.36. The maximum absolute atomic E-state index is 11.6. The summed E-state index contributed by atoms with van der Waals surface area (Å²) in [6.07, 6.45) is 0.667. The van der Waals surface area contributed by atoms with Crippen molar-refractivity contribution >= 4 is 39.6 Å². The van der Waals surface area contributed by atoms with Crippen LogP contribution in [-0.2, 0) is 14.3 Å². The Kier molecular flexibility index (Phi) is 13.1. The zero-order valence-electron chi connectivity index (χ0n) is 15.5. The Bertz CT molecular complexity index is 514. The Labute approximate surface area is 153 Å². The number of hydrogen-bond acceptors (Lipinski definition) is 6. The predicted octanol–water partition coefficient (Wildman–Crippen LogP) is 3.89. The molecule has 1 aromatic rings. The van der Waals surface area contributed by atoms with Crippen molar-refractivity contribution in [3.05, 3.63) is 22.2 Å². The van der Waals surface area contributed by atoms with Crippen LogP contribution in [0.5, 0.6) is 0 Å². The van der Waals surface area contributed by atoms with Crippen LogP contribution in [0.15, 0.2) is 16.6 Å². The third kappa shape index (κ3) is 10.2. The van der Waals surface area contributed by atoms with Crippen LogP contribution in [0.2, 0.25) is 0 Å². The number of nitrogen functional groups attached to an aromatic ring is 1. The molecule has 0 saturated carbocycles. The van der Waals surface area contributed by atoms with Crippen LogP contribution in [0.1, 0.15) is 45.0 Å². The summed E-state index contributed by atoms with van der Waals surface area (Å²) in [6, 6.07) is 3.29. The summed E-state index contributed by atoms with van der Waals surface area (Å²) >= 11 is 3.31. The van der Waals surface area contributed by atoms with Crippen LogP contribution in [0.4, 0.5) is 11.4 Å². The number of esters is 1. The summed E-state index contributed by atoms with van der Waals surface area (Å²) in [5.41, 5.74) is 6.48. The maximum atomic E-state index is 11.6. The van der Waals surface area contributed by atoms with E-state index >= 15 is 0 Å². The van der Waals surface area contributed by atoms with Crippen molar-refractivity contribution in [1.82, 2.24) is 0 Å². The van der Waals surface area contributed by atoms with E-state index in [9.17, 15) is 9.59 Å². The third-order valence-corrected chi connectivity index (χ3v) is 2.85. The van der Waals surface area contributed by atoms with E-state index in [2.05, 4.69) is 26.0 Å². The number of aldehydes is 1. The number of benzene rings is 1. The highest BCUT2D eigenvalue weighted by Gasteiger charge is 2.17. The highest BCUT2D eigenvalue weighted by Crippen LogP contribution is 2.30. The third-order valence-electron chi connectivity index (χ3n) is 2.18. The predicted molar refractivity (Wildman–Crippen MR) is 103 cm³/mol. The van der Waals surface area contributed by atoms with Gasteiger partial charge in [-0.25, -0.2) is 0 Å². The van der Waals surface area contributed by atoms with Crippen molar-refractivity contribution < 1.29 is 19.1 Å². The van der Waals surface area contributed by atoms with Crippen molar-refractivity contribution in [2.24, 2.45) is 0 Å². The van der Waals surface area contributed by atoms with Gasteiger partial charge in [-0.05, 0) is 48.8 Å². The van der Waals surface area contributed by atoms with Gasteiger partial charge < -0.3 is 20.5 Å². The fourth-order valence-corrected chi connectivity index (χ4v) is 1.92.